The van der Waals surface area contributed by atoms with Gasteiger partial charge in [0.1, 0.15) is 5.76 Å². The van der Waals surface area contributed by atoms with Crippen LogP contribution >= 0.6 is 0 Å². The van der Waals surface area contributed by atoms with E-state index in [9.17, 15) is 9.90 Å². The number of piperidine rings is 1. The number of methoxy groups -OCH3 is 1. The lowest BCUT2D eigenvalue weighted by Gasteiger charge is -2.35. The van der Waals surface area contributed by atoms with Gasteiger partial charge < -0.3 is 14.3 Å². The number of carbonyl (C=O) groups excluding carboxylic acids is 1. The number of hydrogen-bond donors (Lipinski definition) is 1. The molecule has 2 heterocycles. The summed E-state index contributed by atoms with van der Waals surface area (Å²) in [6, 6.07) is 0.0855. The van der Waals surface area contributed by atoms with Crippen molar-refractivity contribution >= 4 is 5.97 Å². The van der Waals surface area contributed by atoms with Crippen LogP contribution in [0, 0.1) is 5.92 Å². The molecule has 2 rings (SSSR count). The molecule has 23 heavy (non-hydrogen) atoms. The minimum absolute atomic E-state index is 0.0411. The molecular formula is C17H28N2O4. The van der Waals surface area contributed by atoms with Gasteiger partial charge in [-0.05, 0) is 38.8 Å². The van der Waals surface area contributed by atoms with Gasteiger partial charge in [0.2, 0.25) is 5.89 Å². The van der Waals surface area contributed by atoms with Gasteiger partial charge in [0.25, 0.3) is 0 Å². The molecule has 0 saturated carbocycles. The first-order valence-electron chi connectivity index (χ1n) is 8.20. The molecular weight excluding hydrogens is 296 g/mol. The molecule has 1 saturated heterocycles. The third-order valence-electron chi connectivity index (χ3n) is 4.63. The summed E-state index contributed by atoms with van der Waals surface area (Å²) >= 11 is 0. The van der Waals surface area contributed by atoms with Crippen molar-refractivity contribution in [3.8, 4) is 0 Å². The van der Waals surface area contributed by atoms with Crippen molar-refractivity contribution in [1.29, 1.82) is 0 Å². The van der Waals surface area contributed by atoms with Crippen molar-refractivity contribution in [3.05, 3.63) is 17.8 Å². The molecule has 0 amide bonds. The van der Waals surface area contributed by atoms with Crippen molar-refractivity contribution in [2.45, 2.75) is 58.1 Å². The summed E-state index contributed by atoms with van der Waals surface area (Å²) in [5.74, 6) is 1.02. The summed E-state index contributed by atoms with van der Waals surface area (Å²) in [5, 5.41) is 9.95. The lowest BCUT2D eigenvalue weighted by Crippen LogP contribution is -2.41. The second-order valence-corrected chi connectivity index (χ2v) is 7.33. The molecule has 0 radical (unpaired) electrons. The van der Waals surface area contributed by atoms with Crippen molar-refractivity contribution in [2.24, 2.45) is 5.92 Å². The lowest BCUT2D eigenvalue weighted by atomic mass is 9.90. The quantitative estimate of drug-likeness (QED) is 0.856. The largest absolute Gasteiger partial charge is 0.467 e. The number of aliphatic hydroxyl groups excluding tert-OH is 1. The predicted molar refractivity (Wildman–Crippen MR) is 85.9 cm³/mol. The van der Waals surface area contributed by atoms with Crippen LogP contribution in [0.2, 0.25) is 0 Å². The van der Waals surface area contributed by atoms with Crippen LogP contribution in [0.1, 0.15) is 58.2 Å². The standard InChI is InChI=1S/C17H28N2O4/c1-11(15-18-10-13(23-15)17(2,3)4)19-8-6-12(7-9-19)14(20)16(21)22-5/h10-12,14,20H,6-9H2,1-5H3/t11-,14+/m1/s1. The Hall–Kier alpha value is -1.40. The summed E-state index contributed by atoms with van der Waals surface area (Å²) in [6.07, 6.45) is 2.30. The highest BCUT2D eigenvalue weighted by Gasteiger charge is 2.33. The fourth-order valence-electron chi connectivity index (χ4n) is 2.92. The number of aromatic nitrogens is 1. The average molecular weight is 324 g/mol. The topological polar surface area (TPSA) is 75.8 Å². The van der Waals surface area contributed by atoms with E-state index in [2.05, 4.69) is 42.3 Å². The van der Waals surface area contributed by atoms with Crippen LogP contribution in [0.5, 0.6) is 0 Å². The summed E-state index contributed by atoms with van der Waals surface area (Å²) < 4.78 is 10.5. The summed E-state index contributed by atoms with van der Waals surface area (Å²) in [6.45, 7) is 9.97. The van der Waals surface area contributed by atoms with Gasteiger partial charge in [-0.1, -0.05) is 20.8 Å². The first-order valence-corrected chi connectivity index (χ1v) is 8.20. The smallest absolute Gasteiger partial charge is 0.334 e. The molecule has 6 heteroatoms. The molecule has 1 N–H and O–H groups in total. The minimum Gasteiger partial charge on any atom is -0.467 e. The Morgan fingerprint density at radius 3 is 2.52 bits per heavy atom. The van der Waals surface area contributed by atoms with Gasteiger partial charge in [0.15, 0.2) is 6.10 Å². The molecule has 1 aliphatic heterocycles. The van der Waals surface area contributed by atoms with E-state index in [0.29, 0.717) is 0 Å². The minimum atomic E-state index is -1.02. The van der Waals surface area contributed by atoms with Gasteiger partial charge in [-0.2, -0.15) is 0 Å². The van der Waals surface area contributed by atoms with E-state index in [1.54, 1.807) is 6.20 Å². The molecule has 1 aromatic heterocycles. The zero-order chi connectivity index (χ0) is 17.2. The summed E-state index contributed by atoms with van der Waals surface area (Å²) in [4.78, 5) is 18.1. The monoisotopic (exact) mass is 324 g/mol. The Morgan fingerprint density at radius 2 is 2.04 bits per heavy atom. The zero-order valence-corrected chi connectivity index (χ0v) is 14.7. The SMILES string of the molecule is COC(=O)[C@@H](O)C1CCN([C@H](C)c2ncc(C(C)(C)C)o2)CC1. The van der Waals surface area contributed by atoms with E-state index in [1.165, 1.54) is 7.11 Å². The molecule has 1 aliphatic rings. The van der Waals surface area contributed by atoms with Crippen LogP contribution in [0.3, 0.4) is 0 Å². The van der Waals surface area contributed by atoms with Gasteiger partial charge in [-0.3, -0.25) is 4.90 Å². The van der Waals surface area contributed by atoms with Gasteiger partial charge >= 0.3 is 5.97 Å². The Bertz CT molecular complexity index is 527. The summed E-state index contributed by atoms with van der Waals surface area (Å²) in [7, 11) is 1.30. The molecule has 1 fully saturated rings. The van der Waals surface area contributed by atoms with E-state index in [4.69, 9.17) is 4.42 Å². The third kappa shape index (κ3) is 4.12. The number of aliphatic hydroxyl groups is 1. The zero-order valence-electron chi connectivity index (χ0n) is 14.7. The lowest BCUT2D eigenvalue weighted by molar-refractivity contribution is -0.154. The predicted octanol–water partition coefficient (Wildman–Crippen LogP) is 2.28. The molecule has 1 aromatic rings. The Labute approximate surface area is 137 Å². The van der Waals surface area contributed by atoms with Gasteiger partial charge in [0, 0.05) is 5.41 Å². The fourth-order valence-corrected chi connectivity index (χ4v) is 2.92. The normalized spacial score (nSPS) is 20.3. The van der Waals surface area contributed by atoms with E-state index < -0.39 is 12.1 Å². The maximum absolute atomic E-state index is 11.4. The van der Waals surface area contributed by atoms with E-state index >= 15 is 0 Å². The van der Waals surface area contributed by atoms with Crippen LogP contribution in [0.15, 0.2) is 10.6 Å². The third-order valence-corrected chi connectivity index (χ3v) is 4.63. The van der Waals surface area contributed by atoms with Gasteiger partial charge in [0.05, 0.1) is 19.3 Å². The number of esters is 1. The maximum Gasteiger partial charge on any atom is 0.334 e. The first-order chi connectivity index (χ1) is 10.7. The van der Waals surface area contributed by atoms with E-state index in [0.717, 1.165) is 37.6 Å². The number of oxazole rings is 1. The molecule has 0 aliphatic carbocycles. The molecule has 0 bridgehead atoms. The van der Waals surface area contributed by atoms with E-state index in [1.807, 2.05) is 0 Å². The van der Waals surface area contributed by atoms with Crippen LogP contribution < -0.4 is 0 Å². The fraction of sp³-hybridized carbons (Fsp3) is 0.765. The van der Waals surface area contributed by atoms with Crippen molar-refractivity contribution in [3.63, 3.8) is 0 Å². The highest BCUT2D eigenvalue weighted by Crippen LogP contribution is 2.30. The van der Waals surface area contributed by atoms with Crippen molar-refractivity contribution in [2.75, 3.05) is 20.2 Å². The molecule has 6 nitrogen and oxygen atoms in total. The van der Waals surface area contributed by atoms with Crippen LogP contribution in [-0.2, 0) is 14.9 Å². The molecule has 0 unspecified atom stereocenters. The van der Waals surface area contributed by atoms with Gasteiger partial charge in [-0.15, -0.1) is 0 Å². The molecule has 0 spiro atoms. The summed E-state index contributed by atoms with van der Waals surface area (Å²) in [5.41, 5.74) is -0.0530. The molecule has 130 valence electrons. The highest BCUT2D eigenvalue weighted by molar-refractivity contribution is 5.74. The number of likely N-dealkylation sites (tertiary alicyclic amines) is 1. The average Bonchev–Trinajstić information content (AvgIpc) is 3.03. The number of carbonyl (C=O) groups is 1. The van der Waals surface area contributed by atoms with Crippen molar-refractivity contribution < 1.29 is 19.1 Å². The maximum atomic E-state index is 11.4. The number of hydrogen-bond acceptors (Lipinski definition) is 6. The van der Waals surface area contributed by atoms with Crippen molar-refractivity contribution in [1.82, 2.24) is 9.88 Å². The second-order valence-electron chi connectivity index (χ2n) is 7.33. The number of rotatable bonds is 4. The van der Waals surface area contributed by atoms with Crippen LogP contribution in [0.4, 0.5) is 0 Å². The second kappa shape index (κ2) is 7.01. The van der Waals surface area contributed by atoms with E-state index in [-0.39, 0.29) is 17.4 Å². The van der Waals surface area contributed by atoms with Crippen LogP contribution in [0.25, 0.3) is 0 Å². The Kier molecular flexibility index (Phi) is 5.47. The van der Waals surface area contributed by atoms with Crippen LogP contribution in [-0.4, -0.2) is 47.3 Å². The Balaban J connectivity index is 1.94. The first kappa shape index (κ1) is 17.9. The number of nitrogens with zero attached hydrogens (tertiary/aromatic N) is 2. The molecule has 0 aromatic carbocycles. The highest BCUT2D eigenvalue weighted by atomic mass is 16.5. The number of ether oxygens (including phenoxy) is 1. The Morgan fingerprint density at radius 1 is 1.43 bits per heavy atom. The van der Waals surface area contributed by atoms with Gasteiger partial charge in [-0.25, -0.2) is 9.78 Å². The molecule has 2 atom stereocenters.